The van der Waals surface area contributed by atoms with Crippen LogP contribution in [-0.2, 0) is 13.0 Å². The van der Waals surface area contributed by atoms with Gasteiger partial charge in [0.2, 0.25) is 0 Å². The van der Waals surface area contributed by atoms with Crippen LogP contribution >= 0.6 is 0 Å². The van der Waals surface area contributed by atoms with Gasteiger partial charge < -0.3 is 5.73 Å². The quantitative estimate of drug-likeness (QED) is 0.726. The minimum atomic E-state index is -0.149. The van der Waals surface area contributed by atoms with Crippen molar-refractivity contribution >= 4 is 0 Å². The van der Waals surface area contributed by atoms with Crippen LogP contribution in [0.3, 0.4) is 0 Å². The monoisotopic (exact) mass is 194 g/mol. The molecule has 0 spiro atoms. The van der Waals surface area contributed by atoms with E-state index < -0.39 is 0 Å². The number of hydrogen-bond acceptors (Lipinski definition) is 2. The number of benzene rings is 1. The molecule has 0 fully saturated rings. The summed E-state index contributed by atoms with van der Waals surface area (Å²) in [6.45, 7) is 1.50. The molecule has 2 rings (SSSR count). The van der Waals surface area contributed by atoms with Crippen LogP contribution in [0.25, 0.3) is 0 Å². The highest BCUT2D eigenvalue weighted by molar-refractivity contribution is 5.30. The van der Waals surface area contributed by atoms with E-state index in [0.29, 0.717) is 12.6 Å². The van der Waals surface area contributed by atoms with Crippen molar-refractivity contribution in [3.8, 4) is 0 Å². The topological polar surface area (TPSA) is 29.3 Å². The second kappa shape index (κ2) is 3.67. The van der Waals surface area contributed by atoms with Crippen LogP contribution in [0.1, 0.15) is 11.1 Å². The zero-order chi connectivity index (χ0) is 10.1. The minimum Gasteiger partial charge on any atom is -0.329 e. The van der Waals surface area contributed by atoms with E-state index in [1.54, 1.807) is 6.07 Å². The summed E-state index contributed by atoms with van der Waals surface area (Å²) in [5, 5.41) is 0. The van der Waals surface area contributed by atoms with Gasteiger partial charge in [0.05, 0.1) is 0 Å². The van der Waals surface area contributed by atoms with Crippen molar-refractivity contribution in [1.82, 2.24) is 4.90 Å². The molecule has 0 bridgehead atoms. The molecule has 1 aromatic rings. The van der Waals surface area contributed by atoms with Crippen LogP contribution in [0.2, 0.25) is 0 Å². The lowest BCUT2D eigenvalue weighted by molar-refractivity contribution is 0.220. The highest BCUT2D eigenvalue weighted by Crippen LogP contribution is 2.22. The normalized spacial score (nSPS) is 22.1. The van der Waals surface area contributed by atoms with Gasteiger partial charge in [-0.1, -0.05) is 6.07 Å². The first-order valence-corrected chi connectivity index (χ1v) is 4.88. The maximum atomic E-state index is 13.0. The lowest BCUT2D eigenvalue weighted by Gasteiger charge is -2.33. The van der Waals surface area contributed by atoms with E-state index in [9.17, 15) is 4.39 Å². The van der Waals surface area contributed by atoms with E-state index >= 15 is 0 Å². The van der Waals surface area contributed by atoms with E-state index in [1.165, 1.54) is 11.6 Å². The molecule has 0 aliphatic carbocycles. The summed E-state index contributed by atoms with van der Waals surface area (Å²) in [5.74, 6) is -0.149. The molecule has 0 radical (unpaired) electrons. The van der Waals surface area contributed by atoms with Crippen molar-refractivity contribution in [2.24, 2.45) is 5.73 Å². The smallest absolute Gasteiger partial charge is 0.123 e. The highest BCUT2D eigenvalue weighted by atomic mass is 19.1. The van der Waals surface area contributed by atoms with Gasteiger partial charge in [0, 0.05) is 19.1 Å². The van der Waals surface area contributed by atoms with Crippen LogP contribution in [0.4, 0.5) is 4.39 Å². The summed E-state index contributed by atoms with van der Waals surface area (Å²) in [7, 11) is 2.06. The molecule has 2 nitrogen and oxygen atoms in total. The molecule has 0 aromatic heterocycles. The van der Waals surface area contributed by atoms with Gasteiger partial charge in [-0.15, -0.1) is 0 Å². The van der Waals surface area contributed by atoms with Crippen molar-refractivity contribution in [1.29, 1.82) is 0 Å². The van der Waals surface area contributed by atoms with Crippen molar-refractivity contribution in [3.05, 3.63) is 35.1 Å². The fourth-order valence-electron chi connectivity index (χ4n) is 2.01. The van der Waals surface area contributed by atoms with E-state index in [2.05, 4.69) is 11.9 Å². The molecule has 1 heterocycles. The third-order valence-corrected chi connectivity index (χ3v) is 2.94. The van der Waals surface area contributed by atoms with Crippen LogP contribution in [0.15, 0.2) is 18.2 Å². The predicted octanol–water partition coefficient (Wildman–Crippen LogP) is 1.14. The first-order chi connectivity index (χ1) is 6.70. The molecule has 1 aliphatic rings. The molecule has 1 atom stereocenters. The molecule has 0 saturated heterocycles. The second-order valence-corrected chi connectivity index (χ2v) is 3.92. The molecule has 76 valence electrons. The van der Waals surface area contributed by atoms with Gasteiger partial charge in [0.15, 0.2) is 0 Å². The van der Waals surface area contributed by atoms with Gasteiger partial charge in [-0.25, -0.2) is 4.39 Å². The lowest BCUT2D eigenvalue weighted by atomic mass is 9.94. The number of likely N-dealkylation sites (N-methyl/N-ethyl adjacent to an activating group) is 1. The second-order valence-electron chi connectivity index (χ2n) is 3.92. The number of fused-ring (bicyclic) bond motifs is 1. The number of nitrogens with zero attached hydrogens (tertiary/aromatic N) is 1. The van der Waals surface area contributed by atoms with E-state index in [4.69, 9.17) is 5.73 Å². The molecule has 1 aliphatic heterocycles. The molecule has 2 N–H and O–H groups in total. The Morgan fingerprint density at radius 2 is 2.29 bits per heavy atom. The van der Waals surface area contributed by atoms with Crippen LogP contribution in [0, 0.1) is 5.82 Å². The first-order valence-electron chi connectivity index (χ1n) is 4.88. The van der Waals surface area contributed by atoms with E-state index in [0.717, 1.165) is 18.5 Å². The molecule has 0 amide bonds. The Labute approximate surface area is 83.5 Å². The SMILES string of the molecule is CN1Cc2ccc(F)cc2C[C@@H]1CN. The highest BCUT2D eigenvalue weighted by Gasteiger charge is 2.21. The lowest BCUT2D eigenvalue weighted by Crippen LogP contribution is -2.42. The van der Waals surface area contributed by atoms with E-state index in [1.807, 2.05) is 6.07 Å². The summed E-state index contributed by atoms with van der Waals surface area (Å²) in [4.78, 5) is 2.22. The third kappa shape index (κ3) is 1.65. The van der Waals surface area contributed by atoms with Gasteiger partial charge in [0.25, 0.3) is 0 Å². The van der Waals surface area contributed by atoms with Crippen molar-refractivity contribution < 1.29 is 4.39 Å². The Bertz CT molecular complexity index is 338. The third-order valence-electron chi connectivity index (χ3n) is 2.94. The van der Waals surface area contributed by atoms with Gasteiger partial charge >= 0.3 is 0 Å². The molecule has 0 unspecified atom stereocenters. The van der Waals surface area contributed by atoms with Gasteiger partial charge in [-0.05, 0) is 36.7 Å². The van der Waals surface area contributed by atoms with Crippen molar-refractivity contribution in [2.45, 2.75) is 19.0 Å². The summed E-state index contributed by atoms with van der Waals surface area (Å²) in [6.07, 6.45) is 0.861. The molecule has 1 aromatic carbocycles. The standard InChI is InChI=1S/C11H15FN2/c1-14-7-8-2-3-10(12)4-9(8)5-11(14)6-13/h2-4,11H,5-7,13H2,1H3/t11-/m1/s1. The number of nitrogens with two attached hydrogens (primary N) is 1. The fourth-order valence-corrected chi connectivity index (χ4v) is 2.01. The summed E-state index contributed by atoms with van der Waals surface area (Å²) in [5.41, 5.74) is 7.98. The van der Waals surface area contributed by atoms with Gasteiger partial charge in [-0.2, -0.15) is 0 Å². The Kier molecular flexibility index (Phi) is 2.52. The van der Waals surface area contributed by atoms with Crippen LogP contribution in [-0.4, -0.2) is 24.5 Å². The Balaban J connectivity index is 2.31. The summed E-state index contributed by atoms with van der Waals surface area (Å²) >= 11 is 0. The molecule has 14 heavy (non-hydrogen) atoms. The average Bonchev–Trinajstić information content (AvgIpc) is 2.17. The van der Waals surface area contributed by atoms with Crippen LogP contribution < -0.4 is 5.73 Å². The molecule has 3 heteroatoms. The maximum absolute atomic E-state index is 13.0. The first kappa shape index (κ1) is 9.62. The average molecular weight is 194 g/mol. The zero-order valence-electron chi connectivity index (χ0n) is 8.33. The zero-order valence-corrected chi connectivity index (χ0v) is 8.33. The molecule has 0 saturated carbocycles. The summed E-state index contributed by atoms with van der Waals surface area (Å²) in [6, 6.07) is 5.37. The molecular formula is C11H15FN2. The Morgan fingerprint density at radius 3 is 3.00 bits per heavy atom. The number of hydrogen-bond donors (Lipinski definition) is 1. The van der Waals surface area contributed by atoms with Crippen molar-refractivity contribution in [2.75, 3.05) is 13.6 Å². The van der Waals surface area contributed by atoms with Crippen LogP contribution in [0.5, 0.6) is 0 Å². The van der Waals surface area contributed by atoms with E-state index in [-0.39, 0.29) is 5.82 Å². The molecular weight excluding hydrogens is 179 g/mol. The maximum Gasteiger partial charge on any atom is 0.123 e. The summed E-state index contributed by atoms with van der Waals surface area (Å²) < 4.78 is 13.0. The predicted molar refractivity (Wildman–Crippen MR) is 54.4 cm³/mol. The number of halogens is 1. The Morgan fingerprint density at radius 1 is 1.50 bits per heavy atom. The fraction of sp³-hybridized carbons (Fsp3) is 0.455. The van der Waals surface area contributed by atoms with Crippen molar-refractivity contribution in [3.63, 3.8) is 0 Å². The van der Waals surface area contributed by atoms with Gasteiger partial charge in [0.1, 0.15) is 5.82 Å². The van der Waals surface area contributed by atoms with Gasteiger partial charge in [-0.3, -0.25) is 4.90 Å². The number of rotatable bonds is 1. The Hall–Kier alpha value is -0.930. The largest absolute Gasteiger partial charge is 0.329 e. The minimum absolute atomic E-state index is 0.149.